The van der Waals surface area contributed by atoms with Gasteiger partial charge in [0.25, 0.3) is 5.91 Å². The van der Waals surface area contributed by atoms with Gasteiger partial charge in [0.05, 0.1) is 13.7 Å². The Hall–Kier alpha value is -4.06. The van der Waals surface area contributed by atoms with Gasteiger partial charge in [-0.15, -0.1) is 5.10 Å². The monoisotopic (exact) mass is 441 g/mol. The highest BCUT2D eigenvalue weighted by molar-refractivity contribution is 5.96. The van der Waals surface area contributed by atoms with Crippen LogP contribution in [-0.2, 0) is 19.6 Å². The highest BCUT2D eigenvalue weighted by Gasteiger charge is 2.18. The zero-order chi connectivity index (χ0) is 22.9. The standard InChI is InChI=1S/C27H27N3O3/c1-32-24-14-8-13-21(17-24)15-16-28-26(31)25-19-30(18-22-9-4-2-5-10-22)29-27(25)33-20-23-11-6-3-7-12-23/h2-14,17,19H,15-16,18,20H2,1H3,(H,28,31). The zero-order valence-electron chi connectivity index (χ0n) is 18.6. The van der Waals surface area contributed by atoms with Gasteiger partial charge in [-0.1, -0.05) is 72.8 Å². The molecule has 0 saturated heterocycles. The van der Waals surface area contributed by atoms with Crippen molar-refractivity contribution in [2.45, 2.75) is 19.6 Å². The Labute approximate surface area is 193 Å². The maximum absolute atomic E-state index is 13.0. The van der Waals surface area contributed by atoms with Crippen LogP contribution in [0.2, 0.25) is 0 Å². The molecule has 4 rings (SSSR count). The fraction of sp³-hybridized carbons (Fsp3) is 0.185. The smallest absolute Gasteiger partial charge is 0.258 e. The van der Waals surface area contributed by atoms with Gasteiger partial charge < -0.3 is 14.8 Å². The Bertz CT molecular complexity index is 1170. The van der Waals surface area contributed by atoms with E-state index < -0.39 is 0 Å². The minimum absolute atomic E-state index is 0.208. The summed E-state index contributed by atoms with van der Waals surface area (Å²) in [7, 11) is 1.64. The third kappa shape index (κ3) is 6.23. The van der Waals surface area contributed by atoms with Crippen LogP contribution in [0, 0.1) is 0 Å². The number of carbonyl (C=O) groups is 1. The van der Waals surface area contributed by atoms with E-state index in [1.54, 1.807) is 18.0 Å². The highest BCUT2D eigenvalue weighted by atomic mass is 16.5. The van der Waals surface area contributed by atoms with Crippen LogP contribution in [-0.4, -0.2) is 29.3 Å². The van der Waals surface area contributed by atoms with E-state index in [1.165, 1.54) is 0 Å². The average Bonchev–Trinajstić information content (AvgIpc) is 3.26. The first kappa shape index (κ1) is 22.1. The Morgan fingerprint density at radius 2 is 1.61 bits per heavy atom. The fourth-order valence-corrected chi connectivity index (χ4v) is 3.49. The molecule has 0 radical (unpaired) electrons. The maximum atomic E-state index is 13.0. The molecule has 0 aliphatic carbocycles. The fourth-order valence-electron chi connectivity index (χ4n) is 3.49. The number of hydrogen-bond donors (Lipinski definition) is 1. The molecule has 6 heteroatoms. The first-order chi connectivity index (χ1) is 16.2. The van der Waals surface area contributed by atoms with Crippen LogP contribution in [0.5, 0.6) is 11.6 Å². The predicted octanol–water partition coefficient (Wildman–Crippen LogP) is 4.49. The van der Waals surface area contributed by atoms with Crippen molar-refractivity contribution >= 4 is 5.91 Å². The normalized spacial score (nSPS) is 10.6. The molecule has 0 aliphatic heterocycles. The van der Waals surface area contributed by atoms with E-state index in [-0.39, 0.29) is 5.91 Å². The van der Waals surface area contributed by atoms with E-state index in [0.29, 0.717) is 37.6 Å². The third-order valence-electron chi connectivity index (χ3n) is 5.21. The maximum Gasteiger partial charge on any atom is 0.258 e. The van der Waals surface area contributed by atoms with Crippen molar-refractivity contribution in [3.05, 3.63) is 113 Å². The zero-order valence-corrected chi connectivity index (χ0v) is 18.6. The number of benzene rings is 3. The van der Waals surface area contributed by atoms with Gasteiger partial charge in [-0.25, -0.2) is 0 Å². The SMILES string of the molecule is COc1cccc(CCNC(=O)c2cn(Cc3ccccc3)nc2OCc2ccccc2)c1. The van der Waals surface area contributed by atoms with E-state index in [2.05, 4.69) is 10.4 Å². The molecule has 33 heavy (non-hydrogen) atoms. The van der Waals surface area contributed by atoms with Crippen molar-refractivity contribution in [3.8, 4) is 11.6 Å². The predicted molar refractivity (Wildman–Crippen MR) is 128 cm³/mol. The van der Waals surface area contributed by atoms with Crippen LogP contribution in [0.25, 0.3) is 0 Å². The largest absolute Gasteiger partial charge is 0.497 e. The summed E-state index contributed by atoms with van der Waals surface area (Å²) >= 11 is 0. The van der Waals surface area contributed by atoms with Crippen LogP contribution >= 0.6 is 0 Å². The lowest BCUT2D eigenvalue weighted by Gasteiger charge is -2.08. The first-order valence-corrected chi connectivity index (χ1v) is 10.9. The summed E-state index contributed by atoms with van der Waals surface area (Å²) in [6.07, 6.45) is 2.44. The third-order valence-corrected chi connectivity index (χ3v) is 5.21. The molecule has 6 nitrogen and oxygen atoms in total. The molecule has 0 saturated carbocycles. The second-order valence-electron chi connectivity index (χ2n) is 7.66. The molecule has 168 valence electrons. The van der Waals surface area contributed by atoms with E-state index in [1.807, 2.05) is 84.9 Å². The molecule has 0 bridgehead atoms. The summed E-state index contributed by atoms with van der Waals surface area (Å²) in [4.78, 5) is 13.0. The average molecular weight is 442 g/mol. The molecule has 4 aromatic rings. The lowest BCUT2D eigenvalue weighted by molar-refractivity contribution is 0.0949. The Kier molecular flexibility index (Phi) is 7.38. The molecular formula is C27H27N3O3. The molecule has 0 spiro atoms. The number of amides is 1. The molecular weight excluding hydrogens is 414 g/mol. The minimum Gasteiger partial charge on any atom is -0.497 e. The lowest BCUT2D eigenvalue weighted by Crippen LogP contribution is -2.25. The van der Waals surface area contributed by atoms with E-state index >= 15 is 0 Å². The molecule has 1 amide bonds. The number of ether oxygens (including phenoxy) is 2. The summed E-state index contributed by atoms with van der Waals surface area (Å²) in [6.45, 7) is 1.39. The van der Waals surface area contributed by atoms with Crippen molar-refractivity contribution < 1.29 is 14.3 Å². The van der Waals surface area contributed by atoms with Crippen LogP contribution in [0.3, 0.4) is 0 Å². The minimum atomic E-state index is -0.208. The number of methoxy groups -OCH3 is 1. The van der Waals surface area contributed by atoms with E-state index in [9.17, 15) is 4.79 Å². The summed E-state index contributed by atoms with van der Waals surface area (Å²) < 4.78 is 13.0. The lowest BCUT2D eigenvalue weighted by atomic mass is 10.1. The van der Waals surface area contributed by atoms with Gasteiger partial charge in [-0.05, 0) is 35.2 Å². The molecule has 0 aliphatic rings. The highest BCUT2D eigenvalue weighted by Crippen LogP contribution is 2.19. The van der Waals surface area contributed by atoms with E-state index in [4.69, 9.17) is 9.47 Å². The van der Waals surface area contributed by atoms with Gasteiger partial charge in [0.15, 0.2) is 0 Å². The van der Waals surface area contributed by atoms with E-state index in [0.717, 1.165) is 22.4 Å². The van der Waals surface area contributed by atoms with Gasteiger partial charge in [0, 0.05) is 12.7 Å². The Balaban J connectivity index is 1.45. The number of carbonyl (C=O) groups excluding carboxylic acids is 1. The topological polar surface area (TPSA) is 65.4 Å². The number of nitrogens with zero attached hydrogens (tertiary/aromatic N) is 2. The molecule has 1 aromatic heterocycles. The van der Waals surface area contributed by atoms with Gasteiger partial charge in [0.2, 0.25) is 5.88 Å². The second kappa shape index (κ2) is 11.0. The quantitative estimate of drug-likeness (QED) is 0.394. The number of rotatable bonds is 10. The van der Waals surface area contributed by atoms with Crippen molar-refractivity contribution in [2.75, 3.05) is 13.7 Å². The summed E-state index contributed by atoms with van der Waals surface area (Å²) in [5.74, 6) is 0.923. The molecule has 1 heterocycles. The van der Waals surface area contributed by atoms with Crippen molar-refractivity contribution in [2.24, 2.45) is 0 Å². The Morgan fingerprint density at radius 1 is 0.909 bits per heavy atom. The second-order valence-corrected chi connectivity index (χ2v) is 7.66. The van der Waals surface area contributed by atoms with Crippen molar-refractivity contribution in [1.82, 2.24) is 15.1 Å². The van der Waals surface area contributed by atoms with Crippen LogP contribution in [0.15, 0.2) is 91.1 Å². The Morgan fingerprint density at radius 3 is 2.33 bits per heavy atom. The molecule has 3 aromatic carbocycles. The van der Waals surface area contributed by atoms with Crippen LogP contribution in [0.4, 0.5) is 0 Å². The summed E-state index contributed by atoms with van der Waals surface area (Å²) in [5, 5.41) is 7.54. The summed E-state index contributed by atoms with van der Waals surface area (Å²) in [5.41, 5.74) is 3.63. The van der Waals surface area contributed by atoms with Crippen molar-refractivity contribution in [1.29, 1.82) is 0 Å². The number of nitrogens with one attached hydrogen (secondary N) is 1. The number of hydrogen-bond acceptors (Lipinski definition) is 4. The van der Waals surface area contributed by atoms with Crippen LogP contribution < -0.4 is 14.8 Å². The molecule has 0 fully saturated rings. The summed E-state index contributed by atoms with van der Waals surface area (Å²) in [6, 6.07) is 27.7. The van der Waals surface area contributed by atoms with Gasteiger partial charge in [0.1, 0.15) is 17.9 Å². The van der Waals surface area contributed by atoms with Gasteiger partial charge in [-0.2, -0.15) is 0 Å². The molecule has 0 unspecified atom stereocenters. The van der Waals surface area contributed by atoms with Crippen LogP contribution in [0.1, 0.15) is 27.0 Å². The molecule has 0 atom stereocenters. The number of aromatic nitrogens is 2. The van der Waals surface area contributed by atoms with Gasteiger partial charge >= 0.3 is 0 Å². The van der Waals surface area contributed by atoms with Crippen molar-refractivity contribution in [3.63, 3.8) is 0 Å². The molecule has 1 N–H and O–H groups in total. The first-order valence-electron chi connectivity index (χ1n) is 10.9. The van der Waals surface area contributed by atoms with Gasteiger partial charge in [-0.3, -0.25) is 9.48 Å².